The second-order valence-electron chi connectivity index (χ2n) is 7.38. The summed E-state index contributed by atoms with van der Waals surface area (Å²) in [4.78, 5) is 11.4. The Morgan fingerprint density at radius 3 is 2.73 bits per heavy atom. The molecule has 26 heavy (non-hydrogen) atoms. The summed E-state index contributed by atoms with van der Waals surface area (Å²) in [5, 5.41) is 13.0. The van der Waals surface area contributed by atoms with E-state index >= 15 is 0 Å². The van der Waals surface area contributed by atoms with E-state index in [0.29, 0.717) is 23.0 Å². The molecule has 2 fully saturated rings. The highest BCUT2D eigenvalue weighted by atomic mass is 16.5. The monoisotopic (exact) mass is 351 g/mol. The maximum absolute atomic E-state index is 9.37. The van der Waals surface area contributed by atoms with Gasteiger partial charge in [0.15, 0.2) is 0 Å². The average molecular weight is 351 g/mol. The molecule has 1 aliphatic heterocycles. The van der Waals surface area contributed by atoms with Crippen LogP contribution in [0.5, 0.6) is 0 Å². The van der Waals surface area contributed by atoms with E-state index in [1.807, 2.05) is 12.1 Å². The quantitative estimate of drug-likeness (QED) is 0.805. The molecule has 136 valence electrons. The molecule has 1 saturated carbocycles. The molecule has 0 unspecified atom stereocenters. The highest BCUT2D eigenvalue weighted by molar-refractivity contribution is 5.92. The fourth-order valence-corrected chi connectivity index (χ4v) is 4.15. The number of rotatable bonds is 6. The number of piperidine rings is 1. The fourth-order valence-electron chi connectivity index (χ4n) is 4.15. The SMILES string of the molecule is COCCN[C@@H]1C[C@H](C2CC2)CN(c2ccc(C#N)c3nccnc23)C1. The van der Waals surface area contributed by atoms with Crippen LogP contribution in [0.25, 0.3) is 11.0 Å². The van der Waals surface area contributed by atoms with E-state index in [-0.39, 0.29) is 0 Å². The standard InChI is InChI=1S/C20H25N5O/c1-26-9-8-22-17-10-16(14-2-3-14)12-25(13-17)18-5-4-15(11-21)19-20(18)24-7-6-23-19/h4-7,14,16-17,22H,2-3,8-10,12-13H2,1H3/t16-,17+/m0/s1. The molecule has 1 aromatic heterocycles. The van der Waals surface area contributed by atoms with Crippen LogP contribution in [0, 0.1) is 23.2 Å². The Morgan fingerprint density at radius 1 is 1.19 bits per heavy atom. The van der Waals surface area contributed by atoms with Crippen molar-refractivity contribution in [2.75, 3.05) is 38.3 Å². The summed E-state index contributed by atoms with van der Waals surface area (Å²) in [6, 6.07) is 6.60. The Kier molecular flexibility index (Phi) is 5.00. The topological polar surface area (TPSA) is 74.1 Å². The molecule has 4 rings (SSSR count). The number of nitrogens with zero attached hydrogens (tertiary/aromatic N) is 4. The predicted octanol–water partition coefficient (Wildman–Crippen LogP) is 2.34. The first-order chi connectivity index (χ1) is 12.8. The smallest absolute Gasteiger partial charge is 0.113 e. The Hall–Kier alpha value is -2.23. The normalized spacial score (nSPS) is 23.2. The number of aromatic nitrogens is 2. The number of hydrogen-bond donors (Lipinski definition) is 1. The van der Waals surface area contributed by atoms with Gasteiger partial charge in [0, 0.05) is 45.2 Å². The molecule has 0 amide bonds. The molecule has 2 aromatic rings. The lowest BCUT2D eigenvalue weighted by Crippen LogP contribution is -2.50. The van der Waals surface area contributed by atoms with Crippen LogP contribution in [-0.2, 0) is 4.74 Å². The first-order valence-electron chi connectivity index (χ1n) is 9.41. The van der Waals surface area contributed by atoms with E-state index in [0.717, 1.165) is 43.4 Å². The van der Waals surface area contributed by atoms with Crippen molar-refractivity contribution in [3.05, 3.63) is 30.1 Å². The van der Waals surface area contributed by atoms with Crippen molar-refractivity contribution in [3.8, 4) is 6.07 Å². The number of methoxy groups -OCH3 is 1. The summed E-state index contributed by atoms with van der Waals surface area (Å²) < 4.78 is 5.19. The predicted molar refractivity (Wildman–Crippen MR) is 101 cm³/mol. The van der Waals surface area contributed by atoms with Gasteiger partial charge in [-0.2, -0.15) is 5.26 Å². The molecule has 1 aromatic carbocycles. The molecular weight excluding hydrogens is 326 g/mol. The minimum atomic E-state index is 0.451. The lowest BCUT2D eigenvalue weighted by atomic mass is 9.89. The van der Waals surface area contributed by atoms with Crippen LogP contribution in [0.4, 0.5) is 5.69 Å². The largest absolute Gasteiger partial charge is 0.383 e. The highest BCUT2D eigenvalue weighted by Gasteiger charge is 2.37. The van der Waals surface area contributed by atoms with Gasteiger partial charge in [-0.3, -0.25) is 9.97 Å². The van der Waals surface area contributed by atoms with Crippen molar-refractivity contribution >= 4 is 16.7 Å². The summed E-state index contributed by atoms with van der Waals surface area (Å²) >= 11 is 0. The number of benzene rings is 1. The van der Waals surface area contributed by atoms with Crippen molar-refractivity contribution < 1.29 is 4.74 Å². The van der Waals surface area contributed by atoms with Crippen molar-refractivity contribution in [2.24, 2.45) is 11.8 Å². The van der Waals surface area contributed by atoms with E-state index in [1.165, 1.54) is 19.3 Å². The number of hydrogen-bond acceptors (Lipinski definition) is 6. The van der Waals surface area contributed by atoms with E-state index < -0.39 is 0 Å². The van der Waals surface area contributed by atoms with Crippen molar-refractivity contribution in [3.63, 3.8) is 0 Å². The molecule has 2 atom stereocenters. The van der Waals surface area contributed by atoms with Crippen LogP contribution in [0.15, 0.2) is 24.5 Å². The first-order valence-corrected chi connectivity index (χ1v) is 9.41. The number of anilines is 1. The van der Waals surface area contributed by atoms with Crippen molar-refractivity contribution in [1.82, 2.24) is 15.3 Å². The highest BCUT2D eigenvalue weighted by Crippen LogP contribution is 2.42. The molecule has 2 heterocycles. The summed E-state index contributed by atoms with van der Waals surface area (Å²) in [6.45, 7) is 3.62. The molecule has 6 nitrogen and oxygen atoms in total. The van der Waals surface area contributed by atoms with Gasteiger partial charge in [-0.1, -0.05) is 0 Å². The summed E-state index contributed by atoms with van der Waals surface area (Å²) in [7, 11) is 1.74. The molecule has 0 bridgehead atoms. The molecule has 1 N–H and O–H groups in total. The lowest BCUT2D eigenvalue weighted by Gasteiger charge is -2.40. The third kappa shape index (κ3) is 3.50. The number of fused-ring (bicyclic) bond motifs is 1. The second kappa shape index (κ2) is 7.56. The van der Waals surface area contributed by atoms with E-state index in [9.17, 15) is 5.26 Å². The van der Waals surface area contributed by atoms with Gasteiger partial charge in [0.05, 0.1) is 17.9 Å². The van der Waals surface area contributed by atoms with Crippen LogP contribution in [0.2, 0.25) is 0 Å². The maximum Gasteiger partial charge on any atom is 0.113 e. The molecule has 0 radical (unpaired) electrons. The van der Waals surface area contributed by atoms with Crippen LogP contribution in [0.1, 0.15) is 24.8 Å². The fraction of sp³-hybridized carbons (Fsp3) is 0.550. The minimum Gasteiger partial charge on any atom is -0.383 e. The Bertz CT molecular complexity index is 813. The number of nitrogens with one attached hydrogen (secondary N) is 1. The van der Waals surface area contributed by atoms with Crippen LogP contribution < -0.4 is 10.2 Å². The third-order valence-electron chi connectivity index (χ3n) is 5.58. The second-order valence-corrected chi connectivity index (χ2v) is 7.38. The zero-order valence-corrected chi connectivity index (χ0v) is 15.2. The molecule has 0 spiro atoms. The van der Waals surface area contributed by atoms with Gasteiger partial charge in [-0.05, 0) is 43.2 Å². The average Bonchev–Trinajstić information content (AvgIpc) is 3.52. The van der Waals surface area contributed by atoms with Gasteiger partial charge < -0.3 is 15.0 Å². The Balaban J connectivity index is 1.63. The zero-order valence-electron chi connectivity index (χ0n) is 15.2. The Labute approximate surface area is 154 Å². The molecule has 6 heteroatoms. The van der Waals surface area contributed by atoms with Crippen molar-refractivity contribution in [2.45, 2.75) is 25.3 Å². The first kappa shape index (κ1) is 17.2. The van der Waals surface area contributed by atoms with Crippen molar-refractivity contribution in [1.29, 1.82) is 5.26 Å². The lowest BCUT2D eigenvalue weighted by molar-refractivity contribution is 0.190. The van der Waals surface area contributed by atoms with E-state index in [2.05, 4.69) is 26.3 Å². The Morgan fingerprint density at radius 2 is 2.00 bits per heavy atom. The van der Waals surface area contributed by atoms with E-state index in [1.54, 1.807) is 19.5 Å². The van der Waals surface area contributed by atoms with Gasteiger partial charge in [0.25, 0.3) is 0 Å². The number of nitriles is 1. The maximum atomic E-state index is 9.37. The van der Waals surface area contributed by atoms with E-state index in [4.69, 9.17) is 4.74 Å². The number of ether oxygens (including phenoxy) is 1. The van der Waals surface area contributed by atoms with Gasteiger partial charge >= 0.3 is 0 Å². The van der Waals surface area contributed by atoms with Gasteiger partial charge in [-0.15, -0.1) is 0 Å². The van der Waals surface area contributed by atoms with Crippen LogP contribution >= 0.6 is 0 Å². The summed E-state index contributed by atoms with van der Waals surface area (Å²) in [6.07, 6.45) is 7.31. The molecule has 2 aliphatic rings. The molecular formula is C20H25N5O. The summed E-state index contributed by atoms with van der Waals surface area (Å²) in [5.74, 6) is 1.58. The third-order valence-corrected chi connectivity index (χ3v) is 5.58. The zero-order chi connectivity index (χ0) is 17.9. The van der Waals surface area contributed by atoms with Gasteiger partial charge in [0.2, 0.25) is 0 Å². The van der Waals surface area contributed by atoms with Gasteiger partial charge in [0.1, 0.15) is 17.1 Å². The molecule has 1 aliphatic carbocycles. The van der Waals surface area contributed by atoms with Crippen LogP contribution in [0.3, 0.4) is 0 Å². The minimum absolute atomic E-state index is 0.451. The molecule has 1 saturated heterocycles. The van der Waals surface area contributed by atoms with Crippen LogP contribution in [-0.4, -0.2) is 49.4 Å². The summed E-state index contributed by atoms with van der Waals surface area (Å²) in [5.41, 5.74) is 3.21. The van der Waals surface area contributed by atoms with Gasteiger partial charge in [-0.25, -0.2) is 0 Å².